The van der Waals surface area contributed by atoms with Gasteiger partial charge < -0.3 is 10.6 Å². The lowest BCUT2D eigenvalue weighted by atomic mass is 10.1. The maximum absolute atomic E-state index is 11.9. The summed E-state index contributed by atoms with van der Waals surface area (Å²) in [6.07, 6.45) is 2.02. The van der Waals surface area contributed by atoms with Crippen LogP contribution in [0.15, 0.2) is 29.2 Å². The predicted octanol–water partition coefficient (Wildman–Crippen LogP) is 2.11. The van der Waals surface area contributed by atoms with E-state index in [-0.39, 0.29) is 5.91 Å². The summed E-state index contributed by atoms with van der Waals surface area (Å²) in [6, 6.07) is 7.84. The second-order valence-corrected chi connectivity index (χ2v) is 5.16. The number of thioether (sulfide) groups is 1. The third-order valence-corrected chi connectivity index (χ3v) is 3.06. The molecule has 1 rings (SSSR count). The van der Waals surface area contributed by atoms with E-state index < -0.39 is 5.54 Å². The van der Waals surface area contributed by atoms with Gasteiger partial charge in [-0.2, -0.15) is 0 Å². The van der Waals surface area contributed by atoms with E-state index in [0.717, 1.165) is 5.69 Å². The highest BCUT2D eigenvalue weighted by atomic mass is 32.2. The third-order valence-electron chi connectivity index (χ3n) is 2.32. The van der Waals surface area contributed by atoms with Crippen LogP contribution >= 0.6 is 11.8 Å². The Hall–Kier alpha value is -1.00. The molecule has 88 valence electrons. The number of rotatable bonds is 3. The molecule has 4 heteroatoms. The number of benzene rings is 1. The predicted molar refractivity (Wildman–Crippen MR) is 69.9 cm³/mol. The standard InChI is InChI=1S/C12H18N2OS/c1-12(2,13)11(15)14(3)9-5-7-10(16-4)8-6-9/h5-8H,13H2,1-4H3. The van der Waals surface area contributed by atoms with Crippen LogP contribution in [-0.4, -0.2) is 24.7 Å². The molecule has 0 heterocycles. The van der Waals surface area contributed by atoms with Crippen molar-refractivity contribution in [2.45, 2.75) is 24.3 Å². The van der Waals surface area contributed by atoms with E-state index in [9.17, 15) is 4.79 Å². The number of hydrogen-bond donors (Lipinski definition) is 1. The van der Waals surface area contributed by atoms with Gasteiger partial charge in [0.1, 0.15) is 0 Å². The Morgan fingerprint density at radius 2 is 1.81 bits per heavy atom. The highest BCUT2D eigenvalue weighted by molar-refractivity contribution is 7.98. The number of likely N-dealkylation sites (N-methyl/N-ethyl adjacent to an activating group) is 1. The van der Waals surface area contributed by atoms with Gasteiger partial charge in [0.25, 0.3) is 0 Å². The van der Waals surface area contributed by atoms with Gasteiger partial charge in [0.15, 0.2) is 0 Å². The summed E-state index contributed by atoms with van der Waals surface area (Å²) < 4.78 is 0. The van der Waals surface area contributed by atoms with Crippen molar-refractivity contribution in [3.63, 3.8) is 0 Å². The van der Waals surface area contributed by atoms with Crippen molar-refractivity contribution >= 4 is 23.4 Å². The summed E-state index contributed by atoms with van der Waals surface area (Å²) in [4.78, 5) is 14.7. The molecule has 0 bridgehead atoms. The summed E-state index contributed by atoms with van der Waals surface area (Å²) in [5.41, 5.74) is 5.80. The molecule has 0 unspecified atom stereocenters. The van der Waals surface area contributed by atoms with E-state index in [4.69, 9.17) is 5.73 Å². The number of carbonyl (C=O) groups excluding carboxylic acids is 1. The number of carbonyl (C=O) groups is 1. The topological polar surface area (TPSA) is 46.3 Å². The highest BCUT2D eigenvalue weighted by Gasteiger charge is 2.26. The minimum atomic E-state index is -0.840. The summed E-state index contributed by atoms with van der Waals surface area (Å²) >= 11 is 1.68. The maximum Gasteiger partial charge on any atom is 0.246 e. The lowest BCUT2D eigenvalue weighted by Crippen LogP contribution is -2.49. The van der Waals surface area contributed by atoms with Crippen LogP contribution in [0.5, 0.6) is 0 Å². The SMILES string of the molecule is CSc1ccc(N(C)C(=O)C(C)(C)N)cc1. The number of amides is 1. The number of hydrogen-bond acceptors (Lipinski definition) is 3. The molecule has 0 saturated heterocycles. The fourth-order valence-electron chi connectivity index (χ4n) is 1.36. The summed E-state index contributed by atoms with van der Waals surface area (Å²) in [7, 11) is 1.74. The second kappa shape index (κ2) is 4.89. The van der Waals surface area contributed by atoms with Crippen molar-refractivity contribution in [1.29, 1.82) is 0 Å². The molecule has 16 heavy (non-hydrogen) atoms. The van der Waals surface area contributed by atoms with Gasteiger partial charge in [0.05, 0.1) is 5.54 Å². The first-order valence-corrected chi connectivity index (χ1v) is 6.30. The Balaban J connectivity index is 2.88. The van der Waals surface area contributed by atoms with Gasteiger partial charge in [-0.25, -0.2) is 0 Å². The van der Waals surface area contributed by atoms with Gasteiger partial charge in [0.2, 0.25) is 5.91 Å². The van der Waals surface area contributed by atoms with Crippen molar-refractivity contribution in [2.75, 3.05) is 18.2 Å². The zero-order valence-corrected chi connectivity index (χ0v) is 11.0. The van der Waals surface area contributed by atoms with Crippen LogP contribution in [0.25, 0.3) is 0 Å². The minimum Gasteiger partial charge on any atom is -0.318 e. The van der Waals surface area contributed by atoms with Crippen LogP contribution in [0.2, 0.25) is 0 Å². The summed E-state index contributed by atoms with van der Waals surface area (Å²) in [6.45, 7) is 3.42. The Morgan fingerprint density at radius 1 is 1.31 bits per heavy atom. The summed E-state index contributed by atoms with van der Waals surface area (Å²) in [5, 5.41) is 0. The normalized spacial score (nSPS) is 11.3. The van der Waals surface area contributed by atoms with Gasteiger partial charge in [0, 0.05) is 17.6 Å². The molecule has 0 aromatic heterocycles. The minimum absolute atomic E-state index is 0.0931. The van der Waals surface area contributed by atoms with Crippen molar-refractivity contribution < 1.29 is 4.79 Å². The first-order valence-electron chi connectivity index (χ1n) is 5.07. The highest BCUT2D eigenvalue weighted by Crippen LogP contribution is 2.21. The molecule has 0 aliphatic rings. The maximum atomic E-state index is 11.9. The van der Waals surface area contributed by atoms with E-state index in [0.29, 0.717) is 0 Å². The lowest BCUT2D eigenvalue weighted by molar-refractivity contribution is -0.122. The first kappa shape index (κ1) is 13.1. The fraction of sp³-hybridized carbons (Fsp3) is 0.417. The van der Waals surface area contributed by atoms with Gasteiger partial charge >= 0.3 is 0 Å². The lowest BCUT2D eigenvalue weighted by Gasteiger charge is -2.26. The van der Waals surface area contributed by atoms with Crippen molar-refractivity contribution in [3.8, 4) is 0 Å². The van der Waals surface area contributed by atoms with Crippen LogP contribution in [0.3, 0.4) is 0 Å². The zero-order chi connectivity index (χ0) is 12.3. The van der Waals surface area contributed by atoms with E-state index in [1.807, 2.05) is 30.5 Å². The Bertz CT molecular complexity index is 368. The molecule has 3 nitrogen and oxygen atoms in total. The Labute approximate surface area is 101 Å². The van der Waals surface area contributed by atoms with Gasteiger partial charge in [-0.1, -0.05) is 0 Å². The van der Waals surface area contributed by atoms with Crippen LogP contribution < -0.4 is 10.6 Å². The van der Waals surface area contributed by atoms with Crippen LogP contribution in [0.1, 0.15) is 13.8 Å². The zero-order valence-electron chi connectivity index (χ0n) is 10.2. The molecular weight excluding hydrogens is 220 g/mol. The molecule has 0 aliphatic heterocycles. The van der Waals surface area contributed by atoms with E-state index in [1.54, 1.807) is 37.6 Å². The molecule has 1 aromatic carbocycles. The van der Waals surface area contributed by atoms with Crippen LogP contribution in [-0.2, 0) is 4.79 Å². The van der Waals surface area contributed by atoms with Gasteiger partial charge in [-0.05, 0) is 44.4 Å². The number of anilines is 1. The first-order chi connectivity index (χ1) is 7.36. The van der Waals surface area contributed by atoms with Gasteiger partial charge in [-0.15, -0.1) is 11.8 Å². The second-order valence-electron chi connectivity index (χ2n) is 4.28. The Kier molecular flexibility index (Phi) is 3.99. The molecule has 0 saturated carbocycles. The molecule has 0 atom stereocenters. The molecule has 1 amide bonds. The molecular formula is C12H18N2OS. The fourth-order valence-corrected chi connectivity index (χ4v) is 1.76. The molecule has 1 aromatic rings. The van der Waals surface area contributed by atoms with Crippen molar-refractivity contribution in [3.05, 3.63) is 24.3 Å². The largest absolute Gasteiger partial charge is 0.318 e. The molecule has 0 aliphatic carbocycles. The quantitative estimate of drug-likeness (QED) is 0.820. The summed E-state index contributed by atoms with van der Waals surface area (Å²) in [5.74, 6) is -0.0931. The molecule has 0 spiro atoms. The third kappa shape index (κ3) is 3.00. The average molecular weight is 238 g/mol. The Morgan fingerprint density at radius 3 is 2.19 bits per heavy atom. The van der Waals surface area contributed by atoms with Gasteiger partial charge in [-0.3, -0.25) is 4.79 Å². The van der Waals surface area contributed by atoms with Crippen molar-refractivity contribution in [1.82, 2.24) is 0 Å². The molecule has 0 radical (unpaired) electrons. The van der Waals surface area contributed by atoms with Crippen LogP contribution in [0, 0.1) is 0 Å². The smallest absolute Gasteiger partial charge is 0.246 e. The molecule has 2 N–H and O–H groups in total. The van der Waals surface area contributed by atoms with Crippen molar-refractivity contribution in [2.24, 2.45) is 5.73 Å². The number of nitrogens with zero attached hydrogens (tertiary/aromatic N) is 1. The van der Waals surface area contributed by atoms with Crippen LogP contribution in [0.4, 0.5) is 5.69 Å². The number of nitrogens with two attached hydrogens (primary N) is 1. The average Bonchev–Trinajstić information content (AvgIpc) is 2.26. The monoisotopic (exact) mass is 238 g/mol. The van der Waals surface area contributed by atoms with E-state index >= 15 is 0 Å². The molecule has 0 fully saturated rings. The van der Waals surface area contributed by atoms with E-state index in [2.05, 4.69) is 0 Å². The van der Waals surface area contributed by atoms with E-state index in [1.165, 1.54) is 4.90 Å².